The number of aryl methyl sites for hydroxylation is 1. The van der Waals surface area contributed by atoms with E-state index in [4.69, 9.17) is 5.73 Å². The summed E-state index contributed by atoms with van der Waals surface area (Å²) in [7, 11) is 0. The topological polar surface area (TPSA) is 122 Å². The van der Waals surface area contributed by atoms with E-state index in [2.05, 4.69) is 30.2 Å². The number of hydrogen-bond acceptors (Lipinski definition) is 10. The third-order valence-electron chi connectivity index (χ3n) is 4.64. The molecule has 0 saturated carbocycles. The second-order valence-electron chi connectivity index (χ2n) is 6.84. The van der Waals surface area contributed by atoms with Crippen LogP contribution in [-0.2, 0) is 5.75 Å². The molecule has 0 radical (unpaired) electrons. The minimum Gasteiger partial charge on any atom is -0.368 e. The third kappa shape index (κ3) is 4.22. The Labute approximate surface area is 195 Å². The summed E-state index contributed by atoms with van der Waals surface area (Å²) in [5, 5.41) is 8.28. The molecular formula is C21H17N7OS3. The lowest BCUT2D eigenvalue weighted by molar-refractivity contribution is 0.957. The van der Waals surface area contributed by atoms with E-state index >= 15 is 0 Å². The third-order valence-corrected chi connectivity index (χ3v) is 7.28. The van der Waals surface area contributed by atoms with Crippen molar-refractivity contribution in [2.75, 3.05) is 11.1 Å². The molecule has 32 heavy (non-hydrogen) atoms. The molecule has 160 valence electrons. The summed E-state index contributed by atoms with van der Waals surface area (Å²) in [4.78, 5) is 34.9. The molecule has 0 saturated heterocycles. The number of thioether (sulfide) groups is 1. The van der Waals surface area contributed by atoms with Gasteiger partial charge in [0, 0.05) is 21.5 Å². The fraction of sp³-hybridized carbons (Fsp3) is 0.0952. The van der Waals surface area contributed by atoms with Crippen LogP contribution in [0.1, 0.15) is 11.4 Å². The van der Waals surface area contributed by atoms with E-state index < -0.39 is 0 Å². The number of nitrogens with zero attached hydrogens (tertiary/aromatic N) is 4. The molecule has 0 aliphatic rings. The number of H-pyrrole nitrogens is 1. The Morgan fingerprint density at radius 1 is 1.09 bits per heavy atom. The Balaban J connectivity index is 1.37. The van der Waals surface area contributed by atoms with Gasteiger partial charge in [-0.15, -0.1) is 22.7 Å². The molecule has 0 fully saturated rings. The molecule has 0 atom stereocenters. The summed E-state index contributed by atoms with van der Waals surface area (Å²) in [5.74, 6) is 1.37. The maximum atomic E-state index is 12.8. The number of rotatable bonds is 6. The van der Waals surface area contributed by atoms with E-state index in [-0.39, 0.29) is 11.5 Å². The molecule has 11 heteroatoms. The van der Waals surface area contributed by atoms with E-state index in [9.17, 15) is 4.79 Å². The van der Waals surface area contributed by atoms with Crippen LogP contribution in [0.2, 0.25) is 0 Å². The molecule has 8 nitrogen and oxygen atoms in total. The smallest absolute Gasteiger partial charge is 0.260 e. The quantitative estimate of drug-likeness (QED) is 0.234. The first kappa shape index (κ1) is 20.6. The molecule has 4 N–H and O–H groups in total. The minimum absolute atomic E-state index is 0.127. The number of nitrogens with one attached hydrogen (secondary N) is 2. The number of anilines is 3. The molecule has 5 aromatic rings. The number of aromatic amines is 1. The van der Waals surface area contributed by atoms with Gasteiger partial charge in [0.15, 0.2) is 5.16 Å². The van der Waals surface area contributed by atoms with Gasteiger partial charge in [0.2, 0.25) is 11.9 Å². The molecule has 4 aromatic heterocycles. The summed E-state index contributed by atoms with van der Waals surface area (Å²) in [6, 6.07) is 11.8. The van der Waals surface area contributed by atoms with E-state index in [1.54, 1.807) is 11.3 Å². The molecule has 5 rings (SSSR count). The number of nitrogen functional groups attached to an aromatic ring is 1. The zero-order valence-electron chi connectivity index (χ0n) is 16.8. The van der Waals surface area contributed by atoms with Crippen molar-refractivity contribution in [2.45, 2.75) is 17.8 Å². The first-order chi connectivity index (χ1) is 15.6. The highest BCUT2D eigenvalue weighted by Gasteiger charge is 2.14. The second kappa shape index (κ2) is 8.69. The Hall–Kier alpha value is -3.28. The molecule has 0 spiro atoms. The fourth-order valence-electron chi connectivity index (χ4n) is 3.14. The van der Waals surface area contributed by atoms with Crippen molar-refractivity contribution in [3.63, 3.8) is 0 Å². The van der Waals surface area contributed by atoms with Crippen LogP contribution in [0.4, 0.5) is 17.6 Å². The van der Waals surface area contributed by atoms with Gasteiger partial charge >= 0.3 is 0 Å². The van der Waals surface area contributed by atoms with Crippen LogP contribution in [0.5, 0.6) is 0 Å². The van der Waals surface area contributed by atoms with Gasteiger partial charge in [-0.3, -0.25) is 4.79 Å². The number of para-hydroxylation sites is 1. The summed E-state index contributed by atoms with van der Waals surface area (Å²) in [6.07, 6.45) is 0. The predicted molar refractivity (Wildman–Crippen MR) is 132 cm³/mol. The van der Waals surface area contributed by atoms with Crippen molar-refractivity contribution in [3.8, 4) is 10.4 Å². The van der Waals surface area contributed by atoms with E-state index in [1.165, 1.54) is 23.1 Å². The van der Waals surface area contributed by atoms with Crippen LogP contribution in [0.3, 0.4) is 0 Å². The van der Waals surface area contributed by atoms with Crippen molar-refractivity contribution in [1.29, 1.82) is 0 Å². The summed E-state index contributed by atoms with van der Waals surface area (Å²) < 4.78 is 0. The summed E-state index contributed by atoms with van der Waals surface area (Å²) in [5.41, 5.74) is 8.61. The maximum Gasteiger partial charge on any atom is 0.260 e. The van der Waals surface area contributed by atoms with E-state index in [0.717, 1.165) is 21.7 Å². The first-order valence-electron chi connectivity index (χ1n) is 9.58. The van der Waals surface area contributed by atoms with Gasteiger partial charge in [-0.2, -0.15) is 15.0 Å². The van der Waals surface area contributed by atoms with Crippen LogP contribution in [0, 0.1) is 6.92 Å². The SMILES string of the molecule is Cc1ccccc1Nc1nc(N)nc(CSc2nc3scc(-c4cccs4)c3c(=O)[nH]2)n1. The van der Waals surface area contributed by atoms with E-state index in [1.807, 2.05) is 54.1 Å². The van der Waals surface area contributed by atoms with E-state index in [0.29, 0.717) is 32.9 Å². The lowest BCUT2D eigenvalue weighted by Crippen LogP contribution is -2.09. The van der Waals surface area contributed by atoms with Crippen molar-refractivity contribution in [2.24, 2.45) is 0 Å². The highest BCUT2D eigenvalue weighted by molar-refractivity contribution is 7.98. The average Bonchev–Trinajstić information content (AvgIpc) is 3.43. The Bertz CT molecular complexity index is 1460. The van der Waals surface area contributed by atoms with Gasteiger partial charge in [0.1, 0.15) is 10.7 Å². The van der Waals surface area contributed by atoms with Gasteiger partial charge in [-0.1, -0.05) is 36.0 Å². The lowest BCUT2D eigenvalue weighted by Gasteiger charge is -2.09. The Morgan fingerprint density at radius 3 is 2.78 bits per heavy atom. The molecule has 0 unspecified atom stereocenters. The Kier molecular flexibility index (Phi) is 5.60. The number of nitrogens with two attached hydrogens (primary N) is 1. The van der Waals surface area contributed by atoms with Crippen LogP contribution in [0.25, 0.3) is 20.7 Å². The summed E-state index contributed by atoms with van der Waals surface area (Å²) >= 11 is 4.40. The molecular weight excluding hydrogens is 462 g/mol. The molecule has 0 aliphatic carbocycles. The molecule has 0 aliphatic heterocycles. The lowest BCUT2D eigenvalue weighted by atomic mass is 10.2. The van der Waals surface area contributed by atoms with Crippen LogP contribution < -0.4 is 16.6 Å². The second-order valence-corrected chi connectivity index (χ2v) is 9.61. The van der Waals surface area contributed by atoms with Gasteiger partial charge < -0.3 is 16.0 Å². The Morgan fingerprint density at radius 2 is 1.97 bits per heavy atom. The number of thiophene rings is 2. The maximum absolute atomic E-state index is 12.8. The van der Waals surface area contributed by atoms with Crippen LogP contribution in [-0.4, -0.2) is 24.9 Å². The summed E-state index contributed by atoms with van der Waals surface area (Å²) in [6.45, 7) is 2.00. The molecule has 1 aromatic carbocycles. The standard InChI is InChI=1S/C21H17N7OS3/c1-11-5-2-3-6-13(11)23-20-25-15(24-19(22)28-20)10-32-21-26-17(29)16-12(9-31-18(16)27-21)14-7-4-8-30-14/h2-9H,10H2,1H3,(H,26,27,29)(H3,22,23,24,25,28). The van der Waals surface area contributed by atoms with Crippen molar-refractivity contribution >= 4 is 62.2 Å². The number of benzene rings is 1. The van der Waals surface area contributed by atoms with Gasteiger partial charge in [0.05, 0.1) is 11.1 Å². The average molecular weight is 480 g/mol. The van der Waals surface area contributed by atoms with Gasteiger partial charge in [-0.05, 0) is 30.0 Å². The minimum atomic E-state index is -0.154. The normalized spacial score (nSPS) is 11.2. The highest BCUT2D eigenvalue weighted by atomic mass is 32.2. The van der Waals surface area contributed by atoms with Crippen LogP contribution >= 0.6 is 34.4 Å². The number of hydrogen-bond donors (Lipinski definition) is 3. The van der Waals surface area contributed by atoms with Crippen LogP contribution in [0.15, 0.2) is 57.1 Å². The van der Waals surface area contributed by atoms with Gasteiger partial charge in [-0.25, -0.2) is 4.98 Å². The predicted octanol–water partition coefficient (Wildman–Crippen LogP) is 4.82. The molecule has 0 amide bonds. The zero-order chi connectivity index (χ0) is 22.1. The van der Waals surface area contributed by atoms with Crippen molar-refractivity contribution in [3.05, 3.63) is 68.9 Å². The number of fused-ring (bicyclic) bond motifs is 1. The fourth-order valence-corrected chi connectivity index (χ4v) is 5.67. The molecule has 4 heterocycles. The van der Waals surface area contributed by atoms with Crippen molar-refractivity contribution < 1.29 is 0 Å². The van der Waals surface area contributed by atoms with Crippen molar-refractivity contribution in [1.82, 2.24) is 24.9 Å². The monoisotopic (exact) mass is 479 g/mol. The number of aromatic nitrogens is 5. The van der Waals surface area contributed by atoms with Gasteiger partial charge in [0.25, 0.3) is 5.56 Å². The molecule has 0 bridgehead atoms. The first-order valence-corrected chi connectivity index (χ1v) is 12.3. The largest absolute Gasteiger partial charge is 0.368 e. The zero-order valence-corrected chi connectivity index (χ0v) is 19.3. The highest BCUT2D eigenvalue weighted by Crippen LogP contribution is 2.34.